The summed E-state index contributed by atoms with van der Waals surface area (Å²) in [5.41, 5.74) is 0. The normalized spacial score (nSPS) is 13.7. The van der Waals surface area contributed by atoms with Gasteiger partial charge in [-0.15, -0.1) is 0 Å². The molecular formula is C47H90NO8P. The van der Waals surface area contributed by atoms with Crippen molar-refractivity contribution in [1.82, 2.24) is 0 Å². The summed E-state index contributed by atoms with van der Waals surface area (Å²) in [5.74, 6) is -0.841. The first-order valence-electron chi connectivity index (χ1n) is 23.5. The molecular weight excluding hydrogens is 737 g/mol. The van der Waals surface area contributed by atoms with Crippen molar-refractivity contribution in [3.63, 3.8) is 0 Å². The zero-order chi connectivity index (χ0) is 42.1. The fourth-order valence-electron chi connectivity index (χ4n) is 6.51. The minimum Gasteiger partial charge on any atom is -0.756 e. The van der Waals surface area contributed by atoms with E-state index in [0.29, 0.717) is 23.9 Å². The number of likely N-dealkylation sites (N-methyl/N-ethyl adjacent to an activating group) is 1. The van der Waals surface area contributed by atoms with Crippen molar-refractivity contribution in [3.05, 3.63) is 24.3 Å². The van der Waals surface area contributed by atoms with Gasteiger partial charge >= 0.3 is 11.9 Å². The minimum atomic E-state index is -4.63. The smallest absolute Gasteiger partial charge is 0.306 e. The maximum Gasteiger partial charge on any atom is 0.306 e. The number of quaternary nitrogens is 1. The lowest BCUT2D eigenvalue weighted by Gasteiger charge is -2.28. The molecule has 57 heavy (non-hydrogen) atoms. The van der Waals surface area contributed by atoms with Crippen LogP contribution in [0.3, 0.4) is 0 Å². The first-order chi connectivity index (χ1) is 27.5. The van der Waals surface area contributed by atoms with Gasteiger partial charge in [0.2, 0.25) is 0 Å². The van der Waals surface area contributed by atoms with E-state index in [1.165, 1.54) is 122 Å². The van der Waals surface area contributed by atoms with Crippen LogP contribution in [0.1, 0.15) is 213 Å². The van der Waals surface area contributed by atoms with Gasteiger partial charge in [-0.3, -0.25) is 14.2 Å². The summed E-state index contributed by atoms with van der Waals surface area (Å²) in [4.78, 5) is 37.6. The Kier molecular flexibility index (Phi) is 38.9. The van der Waals surface area contributed by atoms with Gasteiger partial charge in [-0.05, 0) is 44.9 Å². The molecule has 0 rings (SSSR count). The van der Waals surface area contributed by atoms with Gasteiger partial charge in [0.05, 0.1) is 27.7 Å². The Morgan fingerprint density at radius 3 is 1.42 bits per heavy atom. The SMILES string of the molecule is CCCCC/C=C/C/C=C/CCCCCCCC(=O)OC[C@H](COP(=O)([O-])OCC[N+](C)(C)C)OC(=O)CCCCCCCCCCCCCCCCCCCC. The van der Waals surface area contributed by atoms with Crippen molar-refractivity contribution in [3.8, 4) is 0 Å². The van der Waals surface area contributed by atoms with E-state index in [2.05, 4.69) is 38.2 Å². The Hall–Kier alpha value is -1.51. The molecule has 0 fully saturated rings. The number of ether oxygens (including phenoxy) is 2. The second-order valence-corrected chi connectivity index (χ2v) is 18.5. The summed E-state index contributed by atoms with van der Waals surface area (Å²) in [6.45, 7) is 4.21. The van der Waals surface area contributed by atoms with Gasteiger partial charge in [-0.25, -0.2) is 0 Å². The molecule has 2 atom stereocenters. The highest BCUT2D eigenvalue weighted by Crippen LogP contribution is 2.38. The highest BCUT2D eigenvalue weighted by atomic mass is 31.2. The molecule has 0 amide bonds. The lowest BCUT2D eigenvalue weighted by Crippen LogP contribution is -2.37. The van der Waals surface area contributed by atoms with Crippen LogP contribution in [-0.4, -0.2) is 70.0 Å². The molecule has 0 aromatic heterocycles. The van der Waals surface area contributed by atoms with Gasteiger partial charge in [0.25, 0.3) is 7.82 Å². The molecule has 0 bridgehead atoms. The molecule has 0 aromatic rings. The number of phosphoric acid groups is 1. The largest absolute Gasteiger partial charge is 0.756 e. The Labute approximate surface area is 351 Å². The van der Waals surface area contributed by atoms with Crippen LogP contribution in [0.25, 0.3) is 0 Å². The number of rotatable bonds is 43. The van der Waals surface area contributed by atoms with Gasteiger partial charge in [0, 0.05) is 12.8 Å². The van der Waals surface area contributed by atoms with Crippen molar-refractivity contribution in [2.75, 3.05) is 47.5 Å². The lowest BCUT2D eigenvalue weighted by atomic mass is 10.0. The maximum atomic E-state index is 12.7. The van der Waals surface area contributed by atoms with Gasteiger partial charge in [-0.1, -0.05) is 179 Å². The molecule has 1 unspecified atom stereocenters. The first-order valence-corrected chi connectivity index (χ1v) is 25.0. The Balaban J connectivity index is 4.31. The molecule has 0 N–H and O–H groups in total. The number of unbranched alkanes of at least 4 members (excludes halogenated alkanes) is 25. The maximum absolute atomic E-state index is 12.7. The quantitative estimate of drug-likeness (QED) is 0.0196. The Morgan fingerprint density at radius 2 is 0.947 bits per heavy atom. The van der Waals surface area contributed by atoms with Crippen molar-refractivity contribution in [2.24, 2.45) is 0 Å². The first kappa shape index (κ1) is 55.5. The number of hydrogen-bond acceptors (Lipinski definition) is 8. The lowest BCUT2D eigenvalue weighted by molar-refractivity contribution is -0.870. The average molecular weight is 828 g/mol. The molecule has 0 saturated heterocycles. The second kappa shape index (κ2) is 39.9. The molecule has 0 radical (unpaired) electrons. The van der Waals surface area contributed by atoms with Crippen LogP contribution in [0.4, 0.5) is 0 Å². The van der Waals surface area contributed by atoms with Crippen LogP contribution < -0.4 is 4.89 Å². The van der Waals surface area contributed by atoms with Crippen molar-refractivity contribution >= 4 is 19.8 Å². The average Bonchev–Trinajstić information content (AvgIpc) is 3.16. The van der Waals surface area contributed by atoms with E-state index in [4.69, 9.17) is 18.5 Å². The molecule has 336 valence electrons. The van der Waals surface area contributed by atoms with Crippen molar-refractivity contribution < 1.29 is 42.1 Å². The number of carbonyl (C=O) groups excluding carboxylic acids is 2. The summed E-state index contributed by atoms with van der Waals surface area (Å²) in [6.07, 6.45) is 43.4. The minimum absolute atomic E-state index is 0.0311. The van der Waals surface area contributed by atoms with E-state index >= 15 is 0 Å². The van der Waals surface area contributed by atoms with E-state index in [0.717, 1.165) is 51.4 Å². The van der Waals surface area contributed by atoms with Crippen LogP contribution in [0.5, 0.6) is 0 Å². The van der Waals surface area contributed by atoms with Gasteiger partial charge < -0.3 is 27.9 Å². The molecule has 0 heterocycles. The fraction of sp³-hybridized carbons (Fsp3) is 0.872. The van der Waals surface area contributed by atoms with E-state index in [1.54, 1.807) is 0 Å². The summed E-state index contributed by atoms with van der Waals surface area (Å²) >= 11 is 0. The third kappa shape index (κ3) is 43.9. The van der Waals surface area contributed by atoms with Crippen LogP contribution in [0.15, 0.2) is 24.3 Å². The summed E-state index contributed by atoms with van der Waals surface area (Å²) in [7, 11) is 1.16. The monoisotopic (exact) mass is 828 g/mol. The van der Waals surface area contributed by atoms with Crippen LogP contribution in [-0.2, 0) is 32.7 Å². The molecule has 0 aliphatic heterocycles. The summed E-state index contributed by atoms with van der Waals surface area (Å²) < 4.78 is 33.9. The number of carbonyl (C=O) groups is 2. The number of esters is 2. The third-order valence-electron chi connectivity index (χ3n) is 10.2. The number of hydrogen-bond donors (Lipinski definition) is 0. The molecule has 0 spiro atoms. The Bertz CT molecular complexity index is 1030. The number of nitrogens with zero attached hydrogens (tertiary/aromatic N) is 1. The highest BCUT2D eigenvalue weighted by molar-refractivity contribution is 7.45. The molecule has 0 saturated carbocycles. The van der Waals surface area contributed by atoms with Gasteiger partial charge in [-0.2, -0.15) is 0 Å². The molecule has 10 heteroatoms. The molecule has 0 aromatic carbocycles. The van der Waals surface area contributed by atoms with E-state index in [1.807, 2.05) is 21.1 Å². The predicted molar refractivity (Wildman–Crippen MR) is 236 cm³/mol. The predicted octanol–water partition coefficient (Wildman–Crippen LogP) is 12.9. The van der Waals surface area contributed by atoms with Crippen molar-refractivity contribution in [1.29, 1.82) is 0 Å². The number of allylic oxidation sites excluding steroid dienone is 4. The van der Waals surface area contributed by atoms with E-state index < -0.39 is 32.5 Å². The fourth-order valence-corrected chi connectivity index (χ4v) is 7.24. The van der Waals surface area contributed by atoms with E-state index in [9.17, 15) is 19.0 Å². The second-order valence-electron chi connectivity index (χ2n) is 17.1. The number of phosphoric ester groups is 1. The topological polar surface area (TPSA) is 111 Å². The molecule has 0 aliphatic rings. The van der Waals surface area contributed by atoms with Crippen LogP contribution >= 0.6 is 7.82 Å². The summed E-state index contributed by atoms with van der Waals surface area (Å²) in [6, 6.07) is 0. The van der Waals surface area contributed by atoms with Crippen molar-refractivity contribution in [2.45, 2.75) is 219 Å². The zero-order valence-corrected chi connectivity index (χ0v) is 38.7. The van der Waals surface area contributed by atoms with Crippen LogP contribution in [0.2, 0.25) is 0 Å². The third-order valence-corrected chi connectivity index (χ3v) is 11.2. The van der Waals surface area contributed by atoms with Crippen LogP contribution in [0, 0.1) is 0 Å². The molecule has 0 aliphatic carbocycles. The highest BCUT2D eigenvalue weighted by Gasteiger charge is 2.21. The van der Waals surface area contributed by atoms with Gasteiger partial charge in [0.1, 0.15) is 19.8 Å². The molecule has 9 nitrogen and oxygen atoms in total. The van der Waals surface area contributed by atoms with Gasteiger partial charge in [0.15, 0.2) is 6.10 Å². The Morgan fingerprint density at radius 1 is 0.544 bits per heavy atom. The zero-order valence-electron chi connectivity index (χ0n) is 37.8. The summed E-state index contributed by atoms with van der Waals surface area (Å²) in [5, 5.41) is 0. The standard InChI is InChI=1S/C47H90NO8P/c1-6-8-10-12-14-16-18-20-22-23-24-26-28-30-32-34-36-38-40-47(50)56-45(44-55-57(51,52)54-42-41-48(3,4)5)43-53-46(49)39-37-35-33-31-29-27-25-21-19-17-15-13-11-9-7-2/h15,17,21,25,45H,6-14,16,18-20,22-24,26-44H2,1-5H3/b17-15+,25-21+/t45-/m1/s1. The van der Waals surface area contributed by atoms with E-state index in [-0.39, 0.29) is 26.1 Å².